The average Bonchev–Trinajstić information content (AvgIpc) is 2.42. The van der Waals surface area contributed by atoms with Gasteiger partial charge in [-0.25, -0.2) is 0 Å². The van der Waals surface area contributed by atoms with Crippen LogP contribution in [0.4, 0.5) is 23.0 Å². The van der Waals surface area contributed by atoms with Gasteiger partial charge in [0, 0.05) is 24.9 Å². The molecule has 1 aromatic heterocycles. The van der Waals surface area contributed by atoms with Gasteiger partial charge in [-0.3, -0.25) is 10.1 Å². The highest BCUT2D eigenvalue weighted by Crippen LogP contribution is 2.31. The van der Waals surface area contributed by atoms with Crippen molar-refractivity contribution in [2.24, 2.45) is 0 Å². The molecule has 0 fully saturated rings. The zero-order valence-electron chi connectivity index (χ0n) is 10.2. The second-order valence-corrected chi connectivity index (χ2v) is 4.82. The van der Waals surface area contributed by atoms with Gasteiger partial charge in [-0.2, -0.15) is 9.97 Å². The maximum absolute atomic E-state index is 10.7. The molecule has 0 aliphatic carbocycles. The highest BCUT2D eigenvalue weighted by molar-refractivity contribution is 9.10. The molecule has 2 rings (SSSR count). The van der Waals surface area contributed by atoms with Crippen LogP contribution in [0.25, 0.3) is 0 Å². The third-order valence-corrected chi connectivity index (χ3v) is 3.30. The number of nitrogens with one attached hydrogen (secondary N) is 2. The lowest BCUT2D eigenvalue weighted by atomic mass is 10.3. The molecule has 104 valence electrons. The van der Waals surface area contributed by atoms with Gasteiger partial charge in [0.2, 0.25) is 5.28 Å². The van der Waals surface area contributed by atoms with E-state index in [1.807, 2.05) is 0 Å². The molecule has 0 spiro atoms. The van der Waals surface area contributed by atoms with Crippen LogP contribution in [0.3, 0.4) is 0 Å². The Bertz CT molecular complexity index is 667. The van der Waals surface area contributed by atoms with Crippen LogP contribution >= 0.6 is 27.5 Å². The third-order valence-electron chi connectivity index (χ3n) is 2.38. The fraction of sp³-hybridized carbons (Fsp3) is 0.0909. The number of non-ortho nitro benzene ring substituents is 1. The summed E-state index contributed by atoms with van der Waals surface area (Å²) < 4.78 is 0.580. The number of nitro benzene ring substituents is 1. The van der Waals surface area contributed by atoms with Crippen molar-refractivity contribution in [2.75, 3.05) is 17.7 Å². The van der Waals surface area contributed by atoms with Gasteiger partial charge < -0.3 is 10.6 Å². The molecule has 0 radical (unpaired) electrons. The van der Waals surface area contributed by atoms with Crippen LogP contribution in [0.5, 0.6) is 0 Å². The molecule has 0 atom stereocenters. The fourth-order valence-corrected chi connectivity index (χ4v) is 2.15. The molecule has 1 aromatic carbocycles. The molecule has 0 unspecified atom stereocenters. The van der Waals surface area contributed by atoms with E-state index in [2.05, 4.69) is 36.5 Å². The van der Waals surface area contributed by atoms with Crippen LogP contribution in [0.2, 0.25) is 5.28 Å². The Morgan fingerprint density at radius 3 is 2.70 bits per heavy atom. The number of hydrogen-bond acceptors (Lipinski definition) is 6. The first-order valence-electron chi connectivity index (χ1n) is 5.43. The number of benzene rings is 1. The lowest BCUT2D eigenvalue weighted by Crippen LogP contribution is -2.02. The number of nitrogens with zero attached hydrogens (tertiary/aromatic N) is 3. The summed E-state index contributed by atoms with van der Waals surface area (Å²) >= 11 is 9.16. The van der Waals surface area contributed by atoms with Crippen molar-refractivity contribution in [1.82, 2.24) is 9.97 Å². The van der Waals surface area contributed by atoms with E-state index in [0.717, 1.165) is 0 Å². The van der Waals surface area contributed by atoms with Crippen LogP contribution in [0.15, 0.2) is 28.7 Å². The van der Waals surface area contributed by atoms with Crippen LogP contribution in [0.1, 0.15) is 0 Å². The summed E-state index contributed by atoms with van der Waals surface area (Å²) in [7, 11) is 1.70. The van der Waals surface area contributed by atoms with E-state index in [4.69, 9.17) is 11.6 Å². The Balaban J connectivity index is 2.37. The van der Waals surface area contributed by atoms with Gasteiger partial charge in [0.25, 0.3) is 5.69 Å². The van der Waals surface area contributed by atoms with E-state index in [1.54, 1.807) is 19.2 Å². The van der Waals surface area contributed by atoms with E-state index in [9.17, 15) is 10.1 Å². The Hall–Kier alpha value is -1.93. The van der Waals surface area contributed by atoms with Crippen LogP contribution in [-0.2, 0) is 0 Å². The van der Waals surface area contributed by atoms with Crippen molar-refractivity contribution in [1.29, 1.82) is 0 Å². The lowest BCUT2D eigenvalue weighted by Gasteiger charge is -2.10. The van der Waals surface area contributed by atoms with Gasteiger partial charge >= 0.3 is 0 Å². The van der Waals surface area contributed by atoms with Gasteiger partial charge in [-0.15, -0.1) is 0 Å². The fourth-order valence-electron chi connectivity index (χ4n) is 1.50. The minimum atomic E-state index is -0.466. The highest BCUT2D eigenvalue weighted by atomic mass is 79.9. The van der Waals surface area contributed by atoms with Crippen LogP contribution < -0.4 is 10.6 Å². The first kappa shape index (κ1) is 14.5. The Morgan fingerprint density at radius 2 is 2.05 bits per heavy atom. The second kappa shape index (κ2) is 6.02. The predicted molar refractivity (Wildman–Crippen MR) is 80.7 cm³/mol. The van der Waals surface area contributed by atoms with E-state index < -0.39 is 4.92 Å². The third kappa shape index (κ3) is 3.14. The molecular weight excluding hydrogens is 350 g/mol. The molecule has 0 aliphatic rings. The van der Waals surface area contributed by atoms with Crippen LogP contribution in [0, 0.1) is 10.1 Å². The molecule has 0 aliphatic heterocycles. The Labute approximate surface area is 127 Å². The first-order valence-corrected chi connectivity index (χ1v) is 6.60. The van der Waals surface area contributed by atoms with Crippen molar-refractivity contribution in [2.45, 2.75) is 0 Å². The van der Waals surface area contributed by atoms with Crippen molar-refractivity contribution >= 4 is 50.5 Å². The van der Waals surface area contributed by atoms with E-state index in [0.29, 0.717) is 21.8 Å². The van der Waals surface area contributed by atoms with Crippen molar-refractivity contribution < 1.29 is 4.92 Å². The smallest absolute Gasteiger partial charge is 0.271 e. The molecule has 0 bridgehead atoms. The molecule has 0 saturated carbocycles. The zero-order chi connectivity index (χ0) is 14.7. The largest absolute Gasteiger partial charge is 0.372 e. The van der Waals surface area contributed by atoms with E-state index in [-0.39, 0.29) is 11.0 Å². The van der Waals surface area contributed by atoms with Crippen LogP contribution in [-0.4, -0.2) is 21.9 Å². The molecule has 2 aromatic rings. The monoisotopic (exact) mass is 357 g/mol. The topological polar surface area (TPSA) is 93.0 Å². The lowest BCUT2D eigenvalue weighted by molar-refractivity contribution is -0.384. The molecular formula is C11H9BrClN5O2. The first-order chi connectivity index (χ1) is 9.51. The number of aromatic nitrogens is 2. The molecule has 20 heavy (non-hydrogen) atoms. The summed E-state index contributed by atoms with van der Waals surface area (Å²) in [6, 6.07) is 6.08. The van der Waals surface area contributed by atoms with Gasteiger partial charge in [-0.1, -0.05) is 6.07 Å². The maximum Gasteiger partial charge on any atom is 0.271 e. The van der Waals surface area contributed by atoms with Gasteiger partial charge in [0.05, 0.1) is 4.92 Å². The number of nitro groups is 1. The van der Waals surface area contributed by atoms with Gasteiger partial charge in [0.15, 0.2) is 5.82 Å². The molecule has 2 N–H and O–H groups in total. The normalized spacial score (nSPS) is 10.2. The van der Waals surface area contributed by atoms with E-state index >= 15 is 0 Å². The summed E-state index contributed by atoms with van der Waals surface area (Å²) in [5.74, 6) is 0.924. The molecule has 9 heteroatoms. The molecule has 1 heterocycles. The minimum absolute atomic E-state index is 0.0138. The molecule has 0 saturated heterocycles. The van der Waals surface area contributed by atoms with Gasteiger partial charge in [-0.05, 0) is 33.6 Å². The second-order valence-electron chi connectivity index (χ2n) is 3.69. The Kier molecular flexibility index (Phi) is 4.35. The Morgan fingerprint density at radius 1 is 1.35 bits per heavy atom. The summed E-state index contributed by atoms with van der Waals surface area (Å²) in [4.78, 5) is 18.3. The summed E-state index contributed by atoms with van der Waals surface area (Å²) in [6.07, 6.45) is 0. The minimum Gasteiger partial charge on any atom is -0.372 e. The predicted octanol–water partition coefficient (Wildman–Crippen LogP) is 3.59. The van der Waals surface area contributed by atoms with Crippen molar-refractivity contribution in [3.63, 3.8) is 0 Å². The van der Waals surface area contributed by atoms with Gasteiger partial charge in [0.1, 0.15) is 10.3 Å². The van der Waals surface area contributed by atoms with E-state index in [1.165, 1.54) is 12.1 Å². The summed E-state index contributed by atoms with van der Waals surface area (Å²) in [6.45, 7) is 0. The quantitative estimate of drug-likeness (QED) is 0.493. The maximum atomic E-state index is 10.7. The SMILES string of the molecule is CNc1nc(Cl)nc(Nc2cccc([N+](=O)[O-])c2)c1Br. The summed E-state index contributed by atoms with van der Waals surface area (Å²) in [5.41, 5.74) is 0.511. The number of anilines is 3. The highest BCUT2D eigenvalue weighted by Gasteiger charge is 2.12. The number of rotatable bonds is 4. The number of hydrogen-bond donors (Lipinski definition) is 2. The summed E-state index contributed by atoms with van der Waals surface area (Å²) in [5, 5.41) is 16.6. The van der Waals surface area contributed by atoms with Crippen molar-refractivity contribution in [3.8, 4) is 0 Å². The molecule has 0 amide bonds. The average molecular weight is 359 g/mol. The standard InChI is InChI=1S/C11H9BrClN5O2/c1-14-9-8(12)10(17-11(13)16-9)15-6-3-2-4-7(5-6)18(19)20/h2-5H,1H3,(H2,14,15,16,17). The van der Waals surface area contributed by atoms with Crippen molar-refractivity contribution in [3.05, 3.63) is 44.1 Å². The zero-order valence-corrected chi connectivity index (χ0v) is 12.6. The molecule has 7 nitrogen and oxygen atoms in total. The number of halogens is 2.